The van der Waals surface area contributed by atoms with Gasteiger partial charge in [0.05, 0.1) is 18.0 Å². The van der Waals surface area contributed by atoms with E-state index in [2.05, 4.69) is 16.8 Å². The minimum atomic E-state index is -0.0605. The lowest BCUT2D eigenvalue weighted by molar-refractivity contribution is 0.221. The average Bonchev–Trinajstić information content (AvgIpc) is 3.00. The van der Waals surface area contributed by atoms with Crippen LogP contribution in [-0.2, 0) is 6.54 Å². The normalized spacial score (nSPS) is 12.9. The van der Waals surface area contributed by atoms with E-state index < -0.39 is 0 Å². The van der Waals surface area contributed by atoms with Crippen LogP contribution in [0.2, 0.25) is 0 Å². The first-order chi connectivity index (χ1) is 10.1. The van der Waals surface area contributed by atoms with Crippen LogP contribution in [0.4, 0.5) is 0 Å². The van der Waals surface area contributed by atoms with E-state index in [9.17, 15) is 4.79 Å². The first kappa shape index (κ1) is 13.6. The van der Waals surface area contributed by atoms with Crippen molar-refractivity contribution >= 4 is 5.65 Å². The second-order valence-electron chi connectivity index (χ2n) is 5.12. The third-order valence-electron chi connectivity index (χ3n) is 3.65. The molecule has 3 aromatic rings. The van der Waals surface area contributed by atoms with Crippen molar-refractivity contribution in [1.29, 1.82) is 0 Å². The lowest BCUT2D eigenvalue weighted by Crippen LogP contribution is -2.24. The van der Waals surface area contributed by atoms with Crippen LogP contribution < -0.4 is 5.56 Å². The van der Waals surface area contributed by atoms with Gasteiger partial charge in [0.2, 0.25) is 0 Å². The van der Waals surface area contributed by atoms with Crippen LogP contribution in [0.3, 0.4) is 0 Å². The highest BCUT2D eigenvalue weighted by Crippen LogP contribution is 2.20. The molecule has 3 rings (SSSR count). The van der Waals surface area contributed by atoms with Gasteiger partial charge in [-0.3, -0.25) is 14.1 Å². The van der Waals surface area contributed by atoms with Gasteiger partial charge in [0.1, 0.15) is 11.4 Å². The van der Waals surface area contributed by atoms with Crippen LogP contribution in [0.5, 0.6) is 0 Å². The Morgan fingerprint density at radius 2 is 2.19 bits per heavy atom. The molecule has 0 aliphatic heterocycles. The van der Waals surface area contributed by atoms with E-state index in [0.29, 0.717) is 12.2 Å². The maximum Gasteiger partial charge on any atom is 0.258 e. The quantitative estimate of drug-likeness (QED) is 0.738. The fourth-order valence-corrected chi connectivity index (χ4v) is 2.32. The molecule has 0 aliphatic rings. The Morgan fingerprint density at radius 3 is 2.95 bits per heavy atom. The molecule has 0 fully saturated rings. The summed E-state index contributed by atoms with van der Waals surface area (Å²) in [4.78, 5) is 18.7. The molecular weight excluding hydrogens is 266 g/mol. The van der Waals surface area contributed by atoms with Gasteiger partial charge in [-0.1, -0.05) is 6.07 Å². The van der Waals surface area contributed by atoms with E-state index in [1.807, 2.05) is 37.4 Å². The zero-order valence-electron chi connectivity index (χ0n) is 12.1. The molecule has 1 atom stereocenters. The summed E-state index contributed by atoms with van der Waals surface area (Å²) >= 11 is 0. The molecule has 5 nitrogen and oxygen atoms in total. The molecule has 0 amide bonds. The van der Waals surface area contributed by atoms with E-state index in [0.717, 1.165) is 11.5 Å². The molecule has 0 aliphatic carbocycles. The van der Waals surface area contributed by atoms with Gasteiger partial charge in [-0.15, -0.1) is 0 Å². The summed E-state index contributed by atoms with van der Waals surface area (Å²) in [6.45, 7) is 2.65. The van der Waals surface area contributed by atoms with Crippen LogP contribution in [0, 0.1) is 0 Å². The summed E-state index contributed by atoms with van der Waals surface area (Å²) in [5.41, 5.74) is 1.36. The molecule has 0 bridgehead atoms. The maximum atomic E-state index is 12.1. The highest BCUT2D eigenvalue weighted by molar-refractivity contribution is 5.37. The third-order valence-corrected chi connectivity index (χ3v) is 3.65. The van der Waals surface area contributed by atoms with Gasteiger partial charge in [-0.2, -0.15) is 0 Å². The number of aromatic nitrogens is 2. The van der Waals surface area contributed by atoms with Gasteiger partial charge < -0.3 is 4.42 Å². The van der Waals surface area contributed by atoms with Crippen LogP contribution in [-0.4, -0.2) is 21.3 Å². The van der Waals surface area contributed by atoms with Crippen molar-refractivity contribution in [3.63, 3.8) is 0 Å². The Labute approximate surface area is 122 Å². The van der Waals surface area contributed by atoms with Gasteiger partial charge in [-0.05, 0) is 38.2 Å². The number of pyridine rings is 1. The molecule has 0 saturated heterocycles. The molecule has 21 heavy (non-hydrogen) atoms. The summed E-state index contributed by atoms with van der Waals surface area (Å²) in [6.07, 6.45) is 3.39. The second-order valence-corrected chi connectivity index (χ2v) is 5.12. The summed E-state index contributed by atoms with van der Waals surface area (Å²) in [7, 11) is 1.99. The average molecular weight is 283 g/mol. The van der Waals surface area contributed by atoms with Crippen molar-refractivity contribution in [2.45, 2.75) is 19.5 Å². The Morgan fingerprint density at radius 1 is 1.33 bits per heavy atom. The number of hydrogen-bond acceptors (Lipinski definition) is 4. The van der Waals surface area contributed by atoms with Crippen LogP contribution in [0.1, 0.15) is 24.4 Å². The Bertz CT molecular complexity index is 793. The third kappa shape index (κ3) is 2.73. The minimum Gasteiger partial charge on any atom is -0.468 e. The van der Waals surface area contributed by atoms with E-state index >= 15 is 0 Å². The Kier molecular flexibility index (Phi) is 3.58. The van der Waals surface area contributed by atoms with Crippen molar-refractivity contribution in [1.82, 2.24) is 14.3 Å². The highest BCUT2D eigenvalue weighted by atomic mass is 16.3. The number of fused-ring (bicyclic) bond motifs is 1. The van der Waals surface area contributed by atoms with E-state index in [1.54, 1.807) is 22.9 Å². The molecule has 5 heteroatoms. The molecular formula is C16H17N3O2. The predicted molar refractivity (Wildman–Crippen MR) is 80.1 cm³/mol. The molecule has 0 spiro atoms. The van der Waals surface area contributed by atoms with Gasteiger partial charge >= 0.3 is 0 Å². The van der Waals surface area contributed by atoms with Crippen molar-refractivity contribution < 1.29 is 4.42 Å². The number of furan rings is 1. The zero-order chi connectivity index (χ0) is 14.8. The molecule has 3 aromatic heterocycles. The van der Waals surface area contributed by atoms with Crippen molar-refractivity contribution in [3.8, 4) is 0 Å². The smallest absolute Gasteiger partial charge is 0.258 e. The first-order valence-electron chi connectivity index (χ1n) is 6.86. The summed E-state index contributed by atoms with van der Waals surface area (Å²) < 4.78 is 6.96. The van der Waals surface area contributed by atoms with Gasteiger partial charge in [0, 0.05) is 18.8 Å². The van der Waals surface area contributed by atoms with Crippen LogP contribution in [0.25, 0.3) is 5.65 Å². The molecule has 0 N–H and O–H groups in total. The van der Waals surface area contributed by atoms with Gasteiger partial charge in [-0.25, -0.2) is 4.98 Å². The Balaban J connectivity index is 1.86. The zero-order valence-corrected chi connectivity index (χ0v) is 12.1. The van der Waals surface area contributed by atoms with Crippen LogP contribution >= 0.6 is 0 Å². The van der Waals surface area contributed by atoms with Gasteiger partial charge in [0.15, 0.2) is 0 Å². The number of hydrogen-bond donors (Lipinski definition) is 0. The summed E-state index contributed by atoms with van der Waals surface area (Å²) in [6, 6.07) is 11.1. The maximum absolute atomic E-state index is 12.1. The Hall–Kier alpha value is -2.40. The fraction of sp³-hybridized carbons (Fsp3) is 0.250. The van der Waals surface area contributed by atoms with E-state index in [-0.39, 0.29) is 11.6 Å². The largest absolute Gasteiger partial charge is 0.468 e. The summed E-state index contributed by atoms with van der Waals surface area (Å²) in [5, 5.41) is 0. The lowest BCUT2D eigenvalue weighted by atomic mass is 10.2. The van der Waals surface area contributed by atoms with Crippen LogP contribution in [0.15, 0.2) is 58.1 Å². The second kappa shape index (κ2) is 5.54. The van der Waals surface area contributed by atoms with Crippen molar-refractivity contribution in [2.24, 2.45) is 0 Å². The van der Waals surface area contributed by atoms with Crippen molar-refractivity contribution in [3.05, 3.63) is 70.7 Å². The summed E-state index contributed by atoms with van der Waals surface area (Å²) in [5.74, 6) is 0.898. The van der Waals surface area contributed by atoms with E-state index in [1.165, 1.54) is 0 Å². The minimum absolute atomic E-state index is 0.0605. The standard InChI is InChI=1S/C16H17N3O2/c1-12(14-6-5-9-21-14)18(2)11-13-10-16(20)19-8-4-3-7-15(19)17-13/h3-10,12H,11H2,1-2H3. The SMILES string of the molecule is CC(c1ccco1)N(C)Cc1cc(=O)n2ccccc2n1. The molecule has 1 unspecified atom stereocenters. The first-order valence-corrected chi connectivity index (χ1v) is 6.86. The molecule has 3 heterocycles. The molecule has 0 aromatic carbocycles. The number of nitrogens with zero attached hydrogens (tertiary/aromatic N) is 3. The predicted octanol–water partition coefficient (Wildman–Crippen LogP) is 2.48. The highest BCUT2D eigenvalue weighted by Gasteiger charge is 2.15. The molecule has 0 saturated carbocycles. The number of rotatable bonds is 4. The topological polar surface area (TPSA) is 50.8 Å². The lowest BCUT2D eigenvalue weighted by Gasteiger charge is -2.22. The molecule has 108 valence electrons. The fourth-order valence-electron chi connectivity index (χ4n) is 2.32. The van der Waals surface area contributed by atoms with E-state index in [4.69, 9.17) is 4.42 Å². The monoisotopic (exact) mass is 283 g/mol. The van der Waals surface area contributed by atoms with Gasteiger partial charge in [0.25, 0.3) is 5.56 Å². The van der Waals surface area contributed by atoms with Crippen molar-refractivity contribution in [2.75, 3.05) is 7.05 Å². The molecule has 0 radical (unpaired) electrons.